The molecular formula is C13H26N2O3. The van der Waals surface area contributed by atoms with E-state index in [1.54, 1.807) is 0 Å². The predicted molar refractivity (Wildman–Crippen MR) is 71.6 cm³/mol. The van der Waals surface area contributed by atoms with Gasteiger partial charge in [-0.25, -0.2) is 4.79 Å². The molecule has 0 bridgehead atoms. The van der Waals surface area contributed by atoms with Gasteiger partial charge in [0.25, 0.3) is 0 Å². The van der Waals surface area contributed by atoms with E-state index in [2.05, 4.69) is 17.6 Å². The highest BCUT2D eigenvalue weighted by Gasteiger charge is 2.34. The van der Waals surface area contributed by atoms with Crippen molar-refractivity contribution in [2.24, 2.45) is 5.41 Å². The average molecular weight is 258 g/mol. The summed E-state index contributed by atoms with van der Waals surface area (Å²) in [7, 11) is 0. The van der Waals surface area contributed by atoms with Crippen LogP contribution in [0.1, 0.15) is 52.9 Å². The zero-order chi connectivity index (χ0) is 14.0. The van der Waals surface area contributed by atoms with Crippen molar-refractivity contribution in [1.29, 1.82) is 0 Å². The maximum atomic E-state index is 11.5. The highest BCUT2D eigenvalue weighted by Crippen LogP contribution is 2.25. The highest BCUT2D eigenvalue weighted by molar-refractivity contribution is 5.78. The molecule has 0 aliphatic carbocycles. The number of hydrogen-bond acceptors (Lipinski definition) is 2. The lowest BCUT2D eigenvalue weighted by molar-refractivity contribution is -0.149. The Morgan fingerprint density at radius 3 is 2.11 bits per heavy atom. The third-order valence-corrected chi connectivity index (χ3v) is 3.46. The van der Waals surface area contributed by atoms with Crippen molar-refractivity contribution in [1.82, 2.24) is 10.6 Å². The topological polar surface area (TPSA) is 78.4 Å². The monoisotopic (exact) mass is 258 g/mol. The number of aliphatic carboxylic acids is 1. The zero-order valence-electron chi connectivity index (χ0n) is 11.7. The number of carboxylic acids is 1. The van der Waals surface area contributed by atoms with Crippen molar-refractivity contribution in [2.75, 3.05) is 13.1 Å². The van der Waals surface area contributed by atoms with Crippen molar-refractivity contribution in [3.63, 3.8) is 0 Å². The van der Waals surface area contributed by atoms with E-state index in [-0.39, 0.29) is 12.6 Å². The van der Waals surface area contributed by atoms with Crippen LogP contribution in [0.2, 0.25) is 0 Å². The van der Waals surface area contributed by atoms with Gasteiger partial charge in [-0.2, -0.15) is 0 Å². The Kier molecular flexibility index (Phi) is 8.16. The van der Waals surface area contributed by atoms with Crippen LogP contribution in [0, 0.1) is 5.41 Å². The Hall–Kier alpha value is -1.26. The molecule has 0 saturated carbocycles. The van der Waals surface area contributed by atoms with Gasteiger partial charge in [0.1, 0.15) is 0 Å². The summed E-state index contributed by atoms with van der Waals surface area (Å²) in [5.74, 6) is -0.848. The minimum Gasteiger partial charge on any atom is -0.481 e. The molecule has 3 N–H and O–H groups in total. The Morgan fingerprint density at radius 1 is 1.06 bits per heavy atom. The van der Waals surface area contributed by atoms with E-state index >= 15 is 0 Å². The summed E-state index contributed by atoms with van der Waals surface area (Å²) in [5, 5.41) is 14.6. The fraction of sp³-hybridized carbons (Fsp3) is 0.846. The lowest BCUT2D eigenvalue weighted by atomic mass is 9.82. The lowest BCUT2D eigenvalue weighted by Crippen LogP contribution is -2.46. The third kappa shape index (κ3) is 5.38. The SMILES string of the molecule is CCCCCNC(=O)NCC(CC)(CC)C(=O)O. The Morgan fingerprint density at radius 2 is 1.67 bits per heavy atom. The molecular weight excluding hydrogens is 232 g/mol. The molecule has 106 valence electrons. The molecule has 0 spiro atoms. The minimum absolute atomic E-state index is 0.176. The van der Waals surface area contributed by atoms with Gasteiger partial charge in [-0.3, -0.25) is 4.79 Å². The standard InChI is InChI=1S/C13H26N2O3/c1-4-7-8-9-14-12(18)15-10-13(5-2,6-3)11(16)17/h4-10H2,1-3H3,(H,16,17)(H2,14,15,18). The van der Waals surface area contributed by atoms with Crippen molar-refractivity contribution < 1.29 is 14.7 Å². The van der Waals surface area contributed by atoms with Crippen LogP contribution in [0.5, 0.6) is 0 Å². The average Bonchev–Trinajstić information content (AvgIpc) is 2.36. The number of rotatable bonds is 9. The van der Waals surface area contributed by atoms with Gasteiger partial charge in [0, 0.05) is 13.1 Å². The fourth-order valence-corrected chi connectivity index (χ4v) is 1.77. The van der Waals surface area contributed by atoms with E-state index in [9.17, 15) is 14.7 Å². The van der Waals surface area contributed by atoms with E-state index in [1.807, 2.05) is 13.8 Å². The molecule has 0 aliphatic rings. The van der Waals surface area contributed by atoms with Gasteiger partial charge in [-0.05, 0) is 19.3 Å². The molecule has 0 aromatic carbocycles. The first-order chi connectivity index (χ1) is 8.52. The van der Waals surface area contributed by atoms with E-state index < -0.39 is 11.4 Å². The molecule has 0 unspecified atom stereocenters. The molecule has 5 heteroatoms. The lowest BCUT2D eigenvalue weighted by Gasteiger charge is -2.26. The summed E-state index contributed by atoms with van der Waals surface area (Å²) in [6.07, 6.45) is 4.17. The van der Waals surface area contributed by atoms with Gasteiger partial charge in [-0.15, -0.1) is 0 Å². The van der Waals surface area contributed by atoms with Gasteiger partial charge in [0.15, 0.2) is 0 Å². The summed E-state index contributed by atoms with van der Waals surface area (Å²) in [5.41, 5.74) is -0.846. The minimum atomic E-state index is -0.848. The number of carbonyl (C=O) groups is 2. The molecule has 5 nitrogen and oxygen atoms in total. The second-order valence-corrected chi connectivity index (χ2v) is 4.61. The van der Waals surface area contributed by atoms with Crippen molar-refractivity contribution >= 4 is 12.0 Å². The largest absolute Gasteiger partial charge is 0.481 e. The molecule has 0 aromatic heterocycles. The third-order valence-electron chi connectivity index (χ3n) is 3.46. The number of hydrogen-bond donors (Lipinski definition) is 3. The van der Waals surface area contributed by atoms with Crippen LogP contribution in [-0.2, 0) is 4.79 Å². The number of carboxylic acid groups (broad SMARTS) is 1. The molecule has 0 aliphatic heterocycles. The summed E-state index contributed by atoms with van der Waals surface area (Å²) in [4.78, 5) is 22.7. The second-order valence-electron chi connectivity index (χ2n) is 4.61. The quantitative estimate of drug-likeness (QED) is 0.555. The summed E-state index contributed by atoms with van der Waals surface area (Å²) >= 11 is 0. The van der Waals surface area contributed by atoms with E-state index in [0.717, 1.165) is 19.3 Å². The van der Waals surface area contributed by atoms with Crippen molar-refractivity contribution in [3.8, 4) is 0 Å². The van der Waals surface area contributed by atoms with Gasteiger partial charge >= 0.3 is 12.0 Å². The maximum Gasteiger partial charge on any atom is 0.314 e. The molecule has 0 saturated heterocycles. The van der Waals surface area contributed by atoms with Crippen LogP contribution < -0.4 is 10.6 Å². The first-order valence-corrected chi connectivity index (χ1v) is 6.77. The van der Waals surface area contributed by atoms with Crippen LogP contribution in [0.3, 0.4) is 0 Å². The van der Waals surface area contributed by atoms with Crippen LogP contribution in [0.25, 0.3) is 0 Å². The molecule has 0 atom stereocenters. The number of nitrogens with one attached hydrogen (secondary N) is 2. The van der Waals surface area contributed by atoms with E-state index in [1.165, 1.54) is 0 Å². The van der Waals surface area contributed by atoms with Crippen molar-refractivity contribution in [3.05, 3.63) is 0 Å². The predicted octanol–water partition coefficient (Wildman–Crippen LogP) is 2.37. The van der Waals surface area contributed by atoms with Crippen LogP contribution in [0.4, 0.5) is 4.79 Å². The number of carbonyl (C=O) groups excluding carboxylic acids is 1. The van der Waals surface area contributed by atoms with Crippen LogP contribution in [-0.4, -0.2) is 30.2 Å². The normalized spacial score (nSPS) is 11.1. The Labute approximate surface area is 109 Å². The van der Waals surface area contributed by atoms with E-state index in [4.69, 9.17) is 0 Å². The first-order valence-electron chi connectivity index (χ1n) is 6.77. The van der Waals surface area contributed by atoms with Crippen molar-refractivity contribution in [2.45, 2.75) is 52.9 Å². The molecule has 2 amide bonds. The highest BCUT2D eigenvalue weighted by atomic mass is 16.4. The molecule has 0 radical (unpaired) electrons. The van der Waals surface area contributed by atoms with E-state index in [0.29, 0.717) is 19.4 Å². The van der Waals surface area contributed by atoms with Crippen LogP contribution >= 0.6 is 0 Å². The summed E-state index contributed by atoms with van der Waals surface area (Å²) in [6.45, 7) is 6.58. The van der Waals surface area contributed by atoms with Gasteiger partial charge in [-0.1, -0.05) is 33.6 Å². The Bertz CT molecular complexity index is 263. The smallest absolute Gasteiger partial charge is 0.314 e. The molecule has 0 heterocycles. The Balaban J connectivity index is 4.04. The maximum absolute atomic E-state index is 11.5. The number of amides is 2. The fourth-order valence-electron chi connectivity index (χ4n) is 1.77. The molecule has 18 heavy (non-hydrogen) atoms. The number of unbranched alkanes of at least 4 members (excludes halogenated alkanes) is 2. The van der Waals surface area contributed by atoms with Gasteiger partial charge in [0.2, 0.25) is 0 Å². The molecule has 0 aromatic rings. The van der Waals surface area contributed by atoms with Crippen LogP contribution in [0.15, 0.2) is 0 Å². The molecule has 0 fully saturated rings. The summed E-state index contributed by atoms with van der Waals surface area (Å²) in [6, 6.07) is -0.279. The van der Waals surface area contributed by atoms with Gasteiger partial charge < -0.3 is 15.7 Å². The second kappa shape index (κ2) is 8.78. The zero-order valence-corrected chi connectivity index (χ0v) is 11.7. The molecule has 0 rings (SSSR count). The summed E-state index contributed by atoms with van der Waals surface area (Å²) < 4.78 is 0. The van der Waals surface area contributed by atoms with Gasteiger partial charge in [0.05, 0.1) is 5.41 Å². The number of urea groups is 1. The first kappa shape index (κ1) is 16.7.